The van der Waals surface area contributed by atoms with Crippen molar-refractivity contribution in [1.29, 1.82) is 0 Å². The highest BCUT2D eigenvalue weighted by molar-refractivity contribution is 6.32. The predicted octanol–water partition coefficient (Wildman–Crippen LogP) is 4.26. The van der Waals surface area contributed by atoms with Gasteiger partial charge in [0.15, 0.2) is 0 Å². The summed E-state index contributed by atoms with van der Waals surface area (Å²) in [6.07, 6.45) is 7.83. The number of amides is 1. The van der Waals surface area contributed by atoms with E-state index in [9.17, 15) is 9.90 Å². The highest BCUT2D eigenvalue weighted by atomic mass is 35.5. The van der Waals surface area contributed by atoms with Gasteiger partial charge in [-0.3, -0.25) is 9.69 Å². The number of hydrogen-bond acceptors (Lipinski definition) is 8. The van der Waals surface area contributed by atoms with Crippen LogP contribution in [0.2, 0.25) is 5.02 Å². The van der Waals surface area contributed by atoms with Gasteiger partial charge in [0.25, 0.3) is 0 Å². The Bertz CT molecular complexity index is 1510. The van der Waals surface area contributed by atoms with Crippen LogP contribution in [-0.4, -0.2) is 61.2 Å². The summed E-state index contributed by atoms with van der Waals surface area (Å²) < 4.78 is 7.36. The summed E-state index contributed by atoms with van der Waals surface area (Å²) in [5.74, 6) is 0.354. The van der Waals surface area contributed by atoms with E-state index in [0.717, 1.165) is 40.8 Å². The van der Waals surface area contributed by atoms with Crippen molar-refractivity contribution in [1.82, 2.24) is 29.7 Å². The molecule has 0 bridgehead atoms. The molecule has 1 amide bonds. The van der Waals surface area contributed by atoms with Crippen LogP contribution in [0.4, 0.5) is 5.95 Å². The Morgan fingerprint density at radius 1 is 1.20 bits per heavy atom. The van der Waals surface area contributed by atoms with E-state index in [2.05, 4.69) is 25.6 Å². The van der Waals surface area contributed by atoms with Crippen molar-refractivity contribution in [2.45, 2.75) is 44.6 Å². The average molecular weight is 574 g/mol. The molecule has 10 nitrogen and oxygen atoms in total. The van der Waals surface area contributed by atoms with Crippen LogP contribution in [-0.2, 0) is 16.1 Å². The molecule has 2 atom stereocenters. The normalized spacial score (nSPS) is 18.2. The largest absolute Gasteiger partial charge is 0.381 e. The van der Waals surface area contributed by atoms with Gasteiger partial charge in [0.05, 0.1) is 35.8 Å². The number of fused-ring (bicyclic) bond motifs is 1. The highest BCUT2D eigenvalue weighted by Gasteiger charge is 2.31. The summed E-state index contributed by atoms with van der Waals surface area (Å²) in [5.41, 5.74) is 5.07. The van der Waals surface area contributed by atoms with Gasteiger partial charge in [0, 0.05) is 55.0 Å². The molecule has 2 aromatic carbocycles. The van der Waals surface area contributed by atoms with E-state index < -0.39 is 6.23 Å². The van der Waals surface area contributed by atoms with Gasteiger partial charge in [-0.2, -0.15) is 0 Å². The molecular formula is C30H32ClN7O3. The van der Waals surface area contributed by atoms with E-state index in [1.807, 2.05) is 60.2 Å². The number of aliphatic hydroxyl groups excluding tert-OH is 1. The van der Waals surface area contributed by atoms with Crippen molar-refractivity contribution >= 4 is 23.5 Å². The van der Waals surface area contributed by atoms with E-state index in [-0.39, 0.29) is 24.5 Å². The molecule has 0 aliphatic carbocycles. The lowest BCUT2D eigenvalue weighted by Gasteiger charge is -2.23. The number of nitrogens with one attached hydrogen (secondary N) is 2. The minimum absolute atomic E-state index is 0.0655. The number of carbonyl (C=O) groups is 1. The first-order chi connectivity index (χ1) is 19.9. The topological polar surface area (TPSA) is 117 Å². The molecule has 6 rings (SSSR count). The maximum Gasteiger partial charge on any atom is 0.234 e. The van der Waals surface area contributed by atoms with Crippen LogP contribution in [0.3, 0.4) is 0 Å². The standard InChI is InChI=1S/C30H32ClN7O3/c1-19(20-4-6-24(7-5-20)37-11-10-32-18-37)34-27(39)17-38-16-22-3-2-21(14-25(22)29(38)40)28-26(31)15-33-30(36-28)35-23-8-12-41-13-9-23/h2-7,10-11,14-15,18-19,23,29,40H,8-9,12-13,16-17H2,1H3,(H,34,39)(H,33,35,36). The fourth-order valence-electron chi connectivity index (χ4n) is 5.34. The molecule has 2 aliphatic heterocycles. The highest BCUT2D eigenvalue weighted by Crippen LogP contribution is 2.36. The molecule has 2 aromatic heterocycles. The third-order valence-electron chi connectivity index (χ3n) is 7.64. The molecule has 11 heteroatoms. The maximum absolute atomic E-state index is 12.9. The summed E-state index contributed by atoms with van der Waals surface area (Å²) in [6.45, 7) is 3.91. The van der Waals surface area contributed by atoms with Crippen LogP contribution >= 0.6 is 11.6 Å². The molecule has 2 aliphatic rings. The number of anilines is 1. The van der Waals surface area contributed by atoms with Crippen molar-refractivity contribution in [3.8, 4) is 16.9 Å². The van der Waals surface area contributed by atoms with Crippen LogP contribution in [0.5, 0.6) is 0 Å². The van der Waals surface area contributed by atoms with E-state index in [1.165, 1.54) is 0 Å². The third-order valence-corrected chi connectivity index (χ3v) is 7.91. The fourth-order valence-corrected chi connectivity index (χ4v) is 5.54. The van der Waals surface area contributed by atoms with Gasteiger partial charge < -0.3 is 25.0 Å². The fraction of sp³-hybridized carbons (Fsp3) is 0.333. The lowest BCUT2D eigenvalue weighted by Crippen LogP contribution is -2.37. The maximum atomic E-state index is 12.9. The number of imidazole rings is 1. The minimum Gasteiger partial charge on any atom is -0.381 e. The Kier molecular flexibility index (Phi) is 7.97. The van der Waals surface area contributed by atoms with Gasteiger partial charge in [-0.15, -0.1) is 0 Å². The Morgan fingerprint density at radius 3 is 2.76 bits per heavy atom. The summed E-state index contributed by atoms with van der Waals surface area (Å²) in [7, 11) is 0. The number of nitrogens with zero attached hydrogens (tertiary/aromatic N) is 5. The molecule has 0 spiro atoms. The first-order valence-electron chi connectivity index (χ1n) is 13.7. The zero-order valence-electron chi connectivity index (χ0n) is 22.7. The zero-order valence-corrected chi connectivity index (χ0v) is 23.5. The second-order valence-corrected chi connectivity index (χ2v) is 10.9. The molecule has 1 fully saturated rings. The van der Waals surface area contributed by atoms with Crippen LogP contribution in [0.1, 0.15) is 48.7 Å². The molecule has 41 heavy (non-hydrogen) atoms. The molecule has 1 saturated heterocycles. The first-order valence-corrected chi connectivity index (χ1v) is 14.1. The number of aliphatic hydroxyl groups is 1. The van der Waals surface area contributed by atoms with Crippen molar-refractivity contribution in [3.05, 3.63) is 89.1 Å². The molecule has 0 radical (unpaired) electrons. The number of hydrogen-bond donors (Lipinski definition) is 3. The number of halogens is 1. The molecule has 2 unspecified atom stereocenters. The van der Waals surface area contributed by atoms with Gasteiger partial charge >= 0.3 is 0 Å². The minimum atomic E-state index is -0.916. The smallest absolute Gasteiger partial charge is 0.234 e. The number of carbonyl (C=O) groups excluding carboxylic acids is 1. The zero-order chi connectivity index (χ0) is 28.3. The van der Waals surface area contributed by atoms with E-state index in [1.54, 1.807) is 23.6 Å². The van der Waals surface area contributed by atoms with Crippen molar-refractivity contribution < 1.29 is 14.6 Å². The molecule has 3 N–H and O–H groups in total. The van der Waals surface area contributed by atoms with Crippen LogP contribution in [0.15, 0.2) is 67.4 Å². The Balaban J connectivity index is 1.10. The number of benzene rings is 2. The van der Waals surface area contributed by atoms with Crippen LogP contribution in [0, 0.1) is 0 Å². The lowest BCUT2D eigenvalue weighted by molar-refractivity contribution is -0.125. The van der Waals surface area contributed by atoms with Crippen LogP contribution < -0.4 is 10.6 Å². The molecule has 0 saturated carbocycles. The predicted molar refractivity (Wildman–Crippen MR) is 155 cm³/mol. The van der Waals surface area contributed by atoms with Gasteiger partial charge in [0.1, 0.15) is 6.23 Å². The average Bonchev–Trinajstić information content (AvgIpc) is 3.63. The van der Waals surface area contributed by atoms with Gasteiger partial charge in [0.2, 0.25) is 11.9 Å². The summed E-state index contributed by atoms with van der Waals surface area (Å²) in [6, 6.07) is 13.8. The lowest BCUT2D eigenvalue weighted by atomic mass is 10.0. The molecule has 4 heterocycles. The monoisotopic (exact) mass is 573 g/mol. The second-order valence-electron chi connectivity index (χ2n) is 10.5. The number of rotatable bonds is 8. The summed E-state index contributed by atoms with van der Waals surface area (Å²) in [5, 5.41) is 18.0. The number of ether oxygens (including phenoxy) is 1. The van der Waals surface area contributed by atoms with Crippen molar-refractivity contribution in [3.63, 3.8) is 0 Å². The summed E-state index contributed by atoms with van der Waals surface area (Å²) >= 11 is 6.49. The Labute approximate surface area is 243 Å². The SMILES string of the molecule is CC(NC(=O)CN1Cc2ccc(-c3nc(NC4CCOCC4)ncc3Cl)cc2C1O)c1ccc(-n2ccnc2)cc1. The van der Waals surface area contributed by atoms with Gasteiger partial charge in [-0.25, -0.2) is 15.0 Å². The van der Waals surface area contributed by atoms with E-state index in [4.69, 9.17) is 16.3 Å². The number of aromatic nitrogens is 4. The van der Waals surface area contributed by atoms with Gasteiger partial charge in [-0.05, 0) is 49.1 Å². The quantitative estimate of drug-likeness (QED) is 0.286. The summed E-state index contributed by atoms with van der Waals surface area (Å²) in [4.78, 5) is 27.8. The molecule has 212 valence electrons. The molecule has 4 aromatic rings. The first kappa shape index (κ1) is 27.3. The van der Waals surface area contributed by atoms with E-state index in [0.29, 0.717) is 36.4 Å². The Morgan fingerprint density at radius 2 is 2.00 bits per heavy atom. The van der Waals surface area contributed by atoms with Crippen molar-refractivity contribution in [2.24, 2.45) is 0 Å². The third kappa shape index (κ3) is 6.11. The van der Waals surface area contributed by atoms with E-state index >= 15 is 0 Å². The van der Waals surface area contributed by atoms with Crippen molar-refractivity contribution in [2.75, 3.05) is 25.1 Å². The van der Waals surface area contributed by atoms with Gasteiger partial charge in [-0.1, -0.05) is 35.9 Å². The van der Waals surface area contributed by atoms with Crippen LogP contribution in [0.25, 0.3) is 16.9 Å². The Hall–Kier alpha value is -3.83. The second kappa shape index (κ2) is 12.0. The molecular weight excluding hydrogens is 542 g/mol.